The summed E-state index contributed by atoms with van der Waals surface area (Å²) in [5.74, 6) is 0.785. The van der Waals surface area contributed by atoms with Crippen molar-refractivity contribution in [3.05, 3.63) is 21.9 Å². The van der Waals surface area contributed by atoms with Crippen LogP contribution < -0.4 is 5.56 Å². The zero-order valence-corrected chi connectivity index (χ0v) is 15.4. The van der Waals surface area contributed by atoms with Crippen LogP contribution in [0.4, 0.5) is 0 Å². The molecule has 0 atom stereocenters. The summed E-state index contributed by atoms with van der Waals surface area (Å²) in [5.41, 5.74) is 2.11. The maximum Gasteiger partial charge on any atom is 0.279 e. The fourth-order valence-corrected chi connectivity index (χ4v) is 3.64. The third-order valence-corrected chi connectivity index (χ3v) is 5.15. The third-order valence-electron chi connectivity index (χ3n) is 5.15. The van der Waals surface area contributed by atoms with Gasteiger partial charge in [0.05, 0.1) is 5.69 Å². The number of aryl methyl sites for hydroxylation is 2. The molecular formula is C19H31N5O. The second-order valence-corrected chi connectivity index (χ2v) is 7.23. The Balaban J connectivity index is 1.49. The zero-order valence-electron chi connectivity index (χ0n) is 15.4. The molecule has 138 valence electrons. The third kappa shape index (κ3) is 4.91. The molecule has 2 aromatic heterocycles. The Morgan fingerprint density at radius 1 is 1.00 bits per heavy atom. The minimum Gasteiger partial charge on any atom is -0.309 e. The fraction of sp³-hybridized carbons (Fsp3) is 0.737. The van der Waals surface area contributed by atoms with Crippen LogP contribution in [0.25, 0.3) is 11.0 Å². The van der Waals surface area contributed by atoms with Crippen molar-refractivity contribution in [2.24, 2.45) is 0 Å². The highest BCUT2D eigenvalue weighted by Crippen LogP contribution is 2.15. The van der Waals surface area contributed by atoms with Gasteiger partial charge < -0.3 is 9.88 Å². The molecule has 0 aromatic carbocycles. The first kappa shape index (κ1) is 18.1. The molecule has 3 rings (SSSR count). The summed E-state index contributed by atoms with van der Waals surface area (Å²) >= 11 is 0. The Kier molecular flexibility index (Phi) is 6.62. The summed E-state index contributed by atoms with van der Waals surface area (Å²) in [6.45, 7) is 5.98. The van der Waals surface area contributed by atoms with Crippen LogP contribution in [-0.2, 0) is 12.8 Å². The summed E-state index contributed by atoms with van der Waals surface area (Å²) < 4.78 is 0. The van der Waals surface area contributed by atoms with Crippen LogP contribution in [0.15, 0.2) is 4.79 Å². The molecule has 0 radical (unpaired) electrons. The van der Waals surface area contributed by atoms with Gasteiger partial charge in [-0.3, -0.25) is 9.89 Å². The molecule has 1 aliphatic heterocycles. The SMILES string of the molecule is CCCCc1nc2c(CCCCCCN3CCCC3)[nH]nc2c(=O)[nH]1. The molecular weight excluding hydrogens is 314 g/mol. The van der Waals surface area contributed by atoms with Gasteiger partial charge in [0.2, 0.25) is 0 Å². The van der Waals surface area contributed by atoms with Crippen molar-refractivity contribution in [1.82, 2.24) is 25.1 Å². The summed E-state index contributed by atoms with van der Waals surface area (Å²) in [6.07, 6.45) is 11.5. The molecule has 0 unspecified atom stereocenters. The Labute approximate surface area is 149 Å². The van der Waals surface area contributed by atoms with E-state index in [4.69, 9.17) is 0 Å². The smallest absolute Gasteiger partial charge is 0.279 e. The quantitative estimate of drug-likeness (QED) is 0.648. The number of unbranched alkanes of at least 4 members (excludes halogenated alkanes) is 4. The number of nitrogens with zero attached hydrogens (tertiary/aromatic N) is 3. The van der Waals surface area contributed by atoms with Crippen LogP contribution in [0.2, 0.25) is 0 Å². The average Bonchev–Trinajstić information content (AvgIpc) is 3.26. The first-order chi connectivity index (χ1) is 12.3. The van der Waals surface area contributed by atoms with Gasteiger partial charge in [-0.05, 0) is 58.2 Å². The number of aromatic nitrogens is 4. The minimum absolute atomic E-state index is 0.121. The van der Waals surface area contributed by atoms with Crippen molar-refractivity contribution in [3.8, 4) is 0 Å². The lowest BCUT2D eigenvalue weighted by atomic mass is 10.1. The average molecular weight is 345 g/mol. The Morgan fingerprint density at radius 2 is 1.80 bits per heavy atom. The monoisotopic (exact) mass is 345 g/mol. The van der Waals surface area contributed by atoms with Crippen LogP contribution in [0.1, 0.15) is 69.8 Å². The van der Waals surface area contributed by atoms with Gasteiger partial charge in [0.25, 0.3) is 5.56 Å². The van der Waals surface area contributed by atoms with E-state index < -0.39 is 0 Å². The molecule has 1 saturated heterocycles. The largest absolute Gasteiger partial charge is 0.309 e. The minimum atomic E-state index is -0.121. The maximum atomic E-state index is 12.1. The molecule has 0 amide bonds. The van der Waals surface area contributed by atoms with Crippen molar-refractivity contribution < 1.29 is 0 Å². The first-order valence-corrected chi connectivity index (χ1v) is 9.96. The molecule has 6 nitrogen and oxygen atoms in total. The Hall–Kier alpha value is -1.69. The number of hydrogen-bond donors (Lipinski definition) is 2. The van der Waals surface area contributed by atoms with E-state index in [0.717, 1.165) is 49.1 Å². The van der Waals surface area contributed by atoms with Crippen molar-refractivity contribution in [3.63, 3.8) is 0 Å². The maximum absolute atomic E-state index is 12.1. The van der Waals surface area contributed by atoms with E-state index in [-0.39, 0.29) is 5.56 Å². The van der Waals surface area contributed by atoms with Gasteiger partial charge in [-0.1, -0.05) is 26.2 Å². The van der Waals surface area contributed by atoms with Crippen LogP contribution in [0.3, 0.4) is 0 Å². The van der Waals surface area contributed by atoms with Gasteiger partial charge in [-0.25, -0.2) is 4.98 Å². The van der Waals surface area contributed by atoms with Crippen molar-refractivity contribution in [2.75, 3.05) is 19.6 Å². The van der Waals surface area contributed by atoms with Gasteiger partial charge in [-0.15, -0.1) is 0 Å². The standard InChI is InChI=1S/C19H31N5O/c1-2-3-11-16-20-17-15(22-23-18(17)19(25)21-16)10-6-4-5-7-12-24-13-8-9-14-24/h2-14H2,1H3,(H,22,23)(H,20,21,25). The number of hydrogen-bond acceptors (Lipinski definition) is 4. The summed E-state index contributed by atoms with van der Waals surface area (Å²) in [5, 5.41) is 7.20. The lowest BCUT2D eigenvalue weighted by Crippen LogP contribution is -2.20. The number of likely N-dealkylation sites (tertiary alicyclic amines) is 1. The highest BCUT2D eigenvalue weighted by Gasteiger charge is 2.12. The Bertz CT molecular complexity index is 714. The molecule has 0 saturated carbocycles. The van der Waals surface area contributed by atoms with Crippen LogP contribution in [-0.4, -0.2) is 44.7 Å². The van der Waals surface area contributed by atoms with E-state index in [9.17, 15) is 4.79 Å². The van der Waals surface area contributed by atoms with Gasteiger partial charge >= 0.3 is 0 Å². The molecule has 6 heteroatoms. The molecule has 0 aliphatic carbocycles. The molecule has 2 aromatic rings. The van der Waals surface area contributed by atoms with Crippen molar-refractivity contribution in [2.45, 2.75) is 71.1 Å². The van der Waals surface area contributed by atoms with Gasteiger partial charge in [0, 0.05) is 6.42 Å². The van der Waals surface area contributed by atoms with E-state index in [1.54, 1.807) is 0 Å². The molecule has 0 bridgehead atoms. The second-order valence-electron chi connectivity index (χ2n) is 7.23. The van der Waals surface area contributed by atoms with E-state index in [1.165, 1.54) is 51.7 Å². The van der Waals surface area contributed by atoms with E-state index in [0.29, 0.717) is 5.52 Å². The predicted molar refractivity (Wildman–Crippen MR) is 101 cm³/mol. The molecule has 25 heavy (non-hydrogen) atoms. The normalized spacial score (nSPS) is 15.4. The number of rotatable bonds is 10. The highest BCUT2D eigenvalue weighted by molar-refractivity contribution is 5.75. The van der Waals surface area contributed by atoms with E-state index in [1.807, 2.05) is 0 Å². The predicted octanol–water partition coefficient (Wildman–Crippen LogP) is 3.19. The molecule has 1 fully saturated rings. The lowest BCUT2D eigenvalue weighted by Gasteiger charge is -2.13. The fourth-order valence-electron chi connectivity index (χ4n) is 3.64. The Morgan fingerprint density at radius 3 is 2.60 bits per heavy atom. The van der Waals surface area contributed by atoms with Gasteiger partial charge in [0.15, 0.2) is 5.52 Å². The topological polar surface area (TPSA) is 77.7 Å². The lowest BCUT2D eigenvalue weighted by molar-refractivity contribution is 0.328. The number of aromatic amines is 2. The second kappa shape index (κ2) is 9.13. The highest BCUT2D eigenvalue weighted by atomic mass is 16.1. The molecule has 3 heterocycles. The van der Waals surface area contributed by atoms with Gasteiger partial charge in [-0.2, -0.15) is 5.10 Å². The summed E-state index contributed by atoms with van der Waals surface area (Å²) in [4.78, 5) is 22.2. The molecule has 2 N–H and O–H groups in total. The summed E-state index contributed by atoms with van der Waals surface area (Å²) in [7, 11) is 0. The van der Waals surface area contributed by atoms with E-state index >= 15 is 0 Å². The summed E-state index contributed by atoms with van der Waals surface area (Å²) in [6, 6.07) is 0. The van der Waals surface area contributed by atoms with E-state index in [2.05, 4.69) is 32.0 Å². The van der Waals surface area contributed by atoms with Crippen LogP contribution in [0.5, 0.6) is 0 Å². The molecule has 0 spiro atoms. The number of fused-ring (bicyclic) bond motifs is 1. The first-order valence-electron chi connectivity index (χ1n) is 9.96. The zero-order chi connectivity index (χ0) is 17.5. The van der Waals surface area contributed by atoms with Gasteiger partial charge in [0.1, 0.15) is 11.3 Å². The number of nitrogens with one attached hydrogen (secondary N) is 2. The number of H-pyrrole nitrogens is 2. The van der Waals surface area contributed by atoms with Crippen LogP contribution in [0, 0.1) is 0 Å². The van der Waals surface area contributed by atoms with Crippen molar-refractivity contribution in [1.29, 1.82) is 0 Å². The van der Waals surface area contributed by atoms with Crippen molar-refractivity contribution >= 4 is 11.0 Å². The van der Waals surface area contributed by atoms with Crippen LogP contribution >= 0.6 is 0 Å². The molecule has 1 aliphatic rings.